The van der Waals surface area contributed by atoms with Gasteiger partial charge in [0.05, 0.1) is 19.3 Å². The lowest BCUT2D eigenvalue weighted by Gasteiger charge is -2.12. The number of nitrogens with two attached hydrogens (primary N) is 1. The largest absolute Gasteiger partial charge is 0.465 e. The van der Waals surface area contributed by atoms with Gasteiger partial charge in [-0.15, -0.1) is 0 Å². The van der Waals surface area contributed by atoms with Crippen LogP contribution >= 0.6 is 0 Å². The third kappa shape index (κ3) is 4.74. The van der Waals surface area contributed by atoms with Gasteiger partial charge in [-0.1, -0.05) is 13.3 Å². The molecule has 0 radical (unpaired) electrons. The summed E-state index contributed by atoms with van der Waals surface area (Å²) in [6, 6.07) is 3.62. The summed E-state index contributed by atoms with van der Waals surface area (Å²) in [5, 5.41) is 3.22. The first-order valence-corrected chi connectivity index (χ1v) is 6.90. The number of unbranched alkanes of at least 4 members (excludes halogenated alkanes) is 1. The third-order valence-corrected chi connectivity index (χ3v) is 3.01. The molecule has 0 aliphatic carbocycles. The Morgan fingerprint density at radius 2 is 2.10 bits per heavy atom. The number of carbonyl (C=O) groups is 1. The zero-order valence-corrected chi connectivity index (χ0v) is 12.5. The van der Waals surface area contributed by atoms with E-state index < -0.39 is 5.97 Å². The van der Waals surface area contributed by atoms with Gasteiger partial charge in [0.15, 0.2) is 0 Å². The van der Waals surface area contributed by atoms with E-state index in [1.807, 2.05) is 13.0 Å². The topological polar surface area (TPSA) is 73.6 Å². The molecule has 1 aromatic carbocycles. The summed E-state index contributed by atoms with van der Waals surface area (Å²) in [5.74, 6) is -0.423. The molecule has 0 saturated carbocycles. The predicted octanol–water partition coefficient (Wildman–Crippen LogP) is 2.59. The summed E-state index contributed by atoms with van der Waals surface area (Å²) in [4.78, 5) is 11.6. The minimum Gasteiger partial charge on any atom is -0.465 e. The van der Waals surface area contributed by atoms with Gasteiger partial charge in [-0.2, -0.15) is 0 Å². The average Bonchev–Trinajstić information content (AvgIpc) is 2.45. The maximum absolute atomic E-state index is 11.6. The van der Waals surface area contributed by atoms with Crippen molar-refractivity contribution in [1.29, 1.82) is 0 Å². The molecule has 1 rings (SSSR count). The van der Waals surface area contributed by atoms with Crippen molar-refractivity contribution in [1.82, 2.24) is 0 Å². The van der Waals surface area contributed by atoms with Crippen molar-refractivity contribution in [2.45, 2.75) is 26.7 Å². The summed E-state index contributed by atoms with van der Waals surface area (Å²) < 4.78 is 10.2. The van der Waals surface area contributed by atoms with Gasteiger partial charge < -0.3 is 20.5 Å². The van der Waals surface area contributed by atoms with E-state index in [4.69, 9.17) is 15.2 Å². The summed E-state index contributed by atoms with van der Waals surface area (Å²) in [6.45, 7) is 6.11. The van der Waals surface area contributed by atoms with Crippen LogP contribution in [0, 0.1) is 6.92 Å². The summed E-state index contributed by atoms with van der Waals surface area (Å²) in [7, 11) is 1.35. The van der Waals surface area contributed by atoms with Crippen molar-refractivity contribution in [3.63, 3.8) is 0 Å². The summed E-state index contributed by atoms with van der Waals surface area (Å²) in [6.07, 6.45) is 2.21. The van der Waals surface area contributed by atoms with Crippen LogP contribution in [-0.4, -0.2) is 32.8 Å². The summed E-state index contributed by atoms with van der Waals surface area (Å²) in [5.41, 5.74) is 8.43. The predicted molar refractivity (Wildman–Crippen MR) is 81.1 cm³/mol. The molecule has 0 amide bonds. The fraction of sp³-hybridized carbons (Fsp3) is 0.533. The maximum atomic E-state index is 11.6. The molecule has 5 nitrogen and oxygen atoms in total. The first-order chi connectivity index (χ1) is 9.60. The van der Waals surface area contributed by atoms with Gasteiger partial charge in [0.25, 0.3) is 0 Å². The highest BCUT2D eigenvalue weighted by molar-refractivity contribution is 5.97. The normalized spacial score (nSPS) is 10.3. The number of nitrogens with one attached hydrogen (secondary N) is 1. The number of ether oxygens (including phenoxy) is 2. The number of esters is 1. The molecule has 0 saturated heterocycles. The Balaban J connectivity index is 2.58. The van der Waals surface area contributed by atoms with Gasteiger partial charge in [0.1, 0.15) is 0 Å². The van der Waals surface area contributed by atoms with E-state index in [9.17, 15) is 4.79 Å². The molecule has 0 aromatic heterocycles. The zero-order valence-electron chi connectivity index (χ0n) is 12.5. The Hall–Kier alpha value is -1.75. The second kappa shape index (κ2) is 8.43. The van der Waals surface area contributed by atoms with Crippen LogP contribution in [0.3, 0.4) is 0 Å². The number of benzene rings is 1. The van der Waals surface area contributed by atoms with E-state index in [0.29, 0.717) is 24.4 Å². The van der Waals surface area contributed by atoms with Crippen LogP contribution in [0.5, 0.6) is 0 Å². The van der Waals surface area contributed by atoms with Crippen LogP contribution in [0.15, 0.2) is 12.1 Å². The monoisotopic (exact) mass is 280 g/mol. The molecule has 0 unspecified atom stereocenters. The van der Waals surface area contributed by atoms with Gasteiger partial charge in [-0.05, 0) is 31.0 Å². The molecule has 112 valence electrons. The van der Waals surface area contributed by atoms with E-state index in [0.717, 1.165) is 30.7 Å². The van der Waals surface area contributed by atoms with Gasteiger partial charge in [0, 0.05) is 24.5 Å². The van der Waals surface area contributed by atoms with E-state index in [2.05, 4.69) is 12.2 Å². The lowest BCUT2D eigenvalue weighted by Crippen LogP contribution is -2.12. The molecule has 0 fully saturated rings. The number of hydrogen-bond acceptors (Lipinski definition) is 5. The Labute approximate surface area is 120 Å². The van der Waals surface area contributed by atoms with E-state index in [1.54, 1.807) is 6.07 Å². The fourth-order valence-corrected chi connectivity index (χ4v) is 1.80. The molecule has 20 heavy (non-hydrogen) atoms. The first-order valence-electron chi connectivity index (χ1n) is 6.90. The molecule has 0 atom stereocenters. The Morgan fingerprint density at radius 3 is 2.75 bits per heavy atom. The molecule has 0 spiro atoms. The van der Waals surface area contributed by atoms with Crippen LogP contribution in [0.25, 0.3) is 0 Å². The van der Waals surface area contributed by atoms with Crippen LogP contribution in [0.2, 0.25) is 0 Å². The Kier molecular flexibility index (Phi) is 6.87. The average molecular weight is 280 g/mol. The quantitative estimate of drug-likeness (QED) is 0.435. The van der Waals surface area contributed by atoms with Crippen LogP contribution in [0.4, 0.5) is 11.4 Å². The highest BCUT2D eigenvalue weighted by Gasteiger charge is 2.13. The highest BCUT2D eigenvalue weighted by atomic mass is 16.5. The van der Waals surface area contributed by atoms with Gasteiger partial charge in [-0.3, -0.25) is 0 Å². The van der Waals surface area contributed by atoms with Crippen molar-refractivity contribution < 1.29 is 14.3 Å². The lowest BCUT2D eigenvalue weighted by molar-refractivity contribution is 0.0602. The highest BCUT2D eigenvalue weighted by Crippen LogP contribution is 2.23. The lowest BCUT2D eigenvalue weighted by atomic mass is 10.1. The molecule has 1 aromatic rings. The van der Waals surface area contributed by atoms with Crippen LogP contribution < -0.4 is 11.1 Å². The smallest absolute Gasteiger partial charge is 0.340 e. The SMILES string of the molecule is CCCCOCCNc1cc(C)c(N)c(C(=O)OC)c1. The summed E-state index contributed by atoms with van der Waals surface area (Å²) >= 11 is 0. The minimum atomic E-state index is -0.423. The molecular formula is C15H24N2O3. The van der Waals surface area contributed by atoms with E-state index in [1.165, 1.54) is 7.11 Å². The number of anilines is 2. The van der Waals surface area contributed by atoms with Gasteiger partial charge in [0.2, 0.25) is 0 Å². The number of rotatable bonds is 8. The number of hydrogen-bond donors (Lipinski definition) is 2. The van der Waals surface area contributed by atoms with E-state index >= 15 is 0 Å². The fourth-order valence-electron chi connectivity index (χ4n) is 1.80. The Bertz CT molecular complexity index is 447. The van der Waals surface area contributed by atoms with Crippen molar-refractivity contribution in [3.05, 3.63) is 23.3 Å². The number of aryl methyl sites for hydroxylation is 1. The second-order valence-corrected chi connectivity index (χ2v) is 4.64. The zero-order chi connectivity index (χ0) is 15.0. The molecular weight excluding hydrogens is 256 g/mol. The van der Waals surface area contributed by atoms with Crippen LogP contribution in [0.1, 0.15) is 35.7 Å². The van der Waals surface area contributed by atoms with Crippen molar-refractivity contribution in [2.24, 2.45) is 0 Å². The first kappa shape index (κ1) is 16.3. The van der Waals surface area contributed by atoms with Gasteiger partial charge >= 0.3 is 5.97 Å². The maximum Gasteiger partial charge on any atom is 0.340 e. The number of nitrogen functional groups attached to an aromatic ring is 1. The molecule has 5 heteroatoms. The molecule has 3 N–H and O–H groups in total. The van der Waals surface area contributed by atoms with Gasteiger partial charge in [-0.25, -0.2) is 4.79 Å². The molecule has 0 bridgehead atoms. The minimum absolute atomic E-state index is 0.391. The van der Waals surface area contributed by atoms with Crippen molar-refractivity contribution in [2.75, 3.05) is 37.9 Å². The molecule has 0 aliphatic rings. The molecule has 0 heterocycles. The Morgan fingerprint density at radius 1 is 1.35 bits per heavy atom. The molecule has 0 aliphatic heterocycles. The number of carbonyl (C=O) groups excluding carboxylic acids is 1. The number of methoxy groups -OCH3 is 1. The third-order valence-electron chi connectivity index (χ3n) is 3.01. The van der Waals surface area contributed by atoms with Crippen molar-refractivity contribution in [3.8, 4) is 0 Å². The standard InChI is InChI=1S/C15H24N2O3/c1-4-5-7-20-8-6-17-12-9-11(2)14(16)13(10-12)15(18)19-3/h9-10,17H,4-8,16H2,1-3H3. The van der Waals surface area contributed by atoms with Crippen molar-refractivity contribution >= 4 is 17.3 Å². The van der Waals surface area contributed by atoms with E-state index in [-0.39, 0.29) is 0 Å². The second-order valence-electron chi connectivity index (χ2n) is 4.64. The van der Waals surface area contributed by atoms with Crippen LogP contribution in [-0.2, 0) is 9.47 Å².